The number of anilines is 1. The first-order valence-electron chi connectivity index (χ1n) is 6.06. The van der Waals surface area contributed by atoms with Crippen LogP contribution in [-0.4, -0.2) is 37.3 Å². The molecule has 1 aromatic rings. The molecular formula is C13H16N2O4. The first-order chi connectivity index (χ1) is 9.11. The first kappa shape index (κ1) is 13.2. The summed E-state index contributed by atoms with van der Waals surface area (Å²) in [6.07, 6.45) is 0.702. The van der Waals surface area contributed by atoms with Crippen LogP contribution in [0.15, 0.2) is 18.2 Å². The lowest BCUT2D eigenvalue weighted by molar-refractivity contribution is -0.136. The molecule has 6 nitrogen and oxygen atoms in total. The molecule has 1 heterocycles. The number of carboxylic acids is 1. The van der Waals surface area contributed by atoms with Crippen LogP contribution in [0.5, 0.6) is 5.75 Å². The number of rotatable bonds is 4. The number of fused-ring (bicyclic) bond motifs is 1. The van der Waals surface area contributed by atoms with E-state index in [0.29, 0.717) is 6.54 Å². The fourth-order valence-corrected chi connectivity index (χ4v) is 2.09. The lowest BCUT2D eigenvalue weighted by Crippen LogP contribution is -2.39. The van der Waals surface area contributed by atoms with E-state index in [4.69, 9.17) is 9.84 Å². The molecule has 2 N–H and O–H groups in total. The zero-order chi connectivity index (χ0) is 13.8. The van der Waals surface area contributed by atoms with Crippen molar-refractivity contribution in [2.45, 2.75) is 12.8 Å². The van der Waals surface area contributed by atoms with Crippen molar-refractivity contribution in [2.24, 2.45) is 0 Å². The van der Waals surface area contributed by atoms with Crippen LogP contribution < -0.4 is 15.0 Å². The summed E-state index contributed by atoms with van der Waals surface area (Å²) >= 11 is 0. The lowest BCUT2D eigenvalue weighted by Gasteiger charge is -2.18. The summed E-state index contributed by atoms with van der Waals surface area (Å²) in [5, 5.41) is 11.1. The number of aliphatic carboxylic acids is 1. The predicted octanol–water partition coefficient (Wildman–Crippen LogP) is 1.24. The van der Waals surface area contributed by atoms with Gasteiger partial charge in [0.05, 0.1) is 13.5 Å². The highest BCUT2D eigenvalue weighted by atomic mass is 16.5. The van der Waals surface area contributed by atoms with Crippen LogP contribution in [0.4, 0.5) is 10.5 Å². The van der Waals surface area contributed by atoms with Crippen molar-refractivity contribution in [1.82, 2.24) is 5.32 Å². The number of methoxy groups -OCH3 is 1. The Labute approximate surface area is 111 Å². The Kier molecular flexibility index (Phi) is 3.89. The third-order valence-corrected chi connectivity index (χ3v) is 3.04. The van der Waals surface area contributed by atoms with E-state index in [-0.39, 0.29) is 19.0 Å². The molecule has 0 saturated heterocycles. The van der Waals surface area contributed by atoms with Gasteiger partial charge in [-0.1, -0.05) is 0 Å². The van der Waals surface area contributed by atoms with Crippen LogP contribution in [0.25, 0.3) is 0 Å². The van der Waals surface area contributed by atoms with Gasteiger partial charge in [-0.3, -0.25) is 9.69 Å². The summed E-state index contributed by atoms with van der Waals surface area (Å²) in [5.74, 6) is -0.154. The summed E-state index contributed by atoms with van der Waals surface area (Å²) < 4.78 is 5.14. The van der Waals surface area contributed by atoms with Gasteiger partial charge < -0.3 is 15.2 Å². The molecule has 0 spiro atoms. The molecule has 1 aliphatic heterocycles. The maximum Gasteiger partial charge on any atom is 0.321 e. The van der Waals surface area contributed by atoms with Crippen molar-refractivity contribution in [3.05, 3.63) is 23.8 Å². The minimum Gasteiger partial charge on any atom is -0.497 e. The molecule has 0 radical (unpaired) electrons. The van der Waals surface area contributed by atoms with Gasteiger partial charge in [-0.25, -0.2) is 4.79 Å². The van der Waals surface area contributed by atoms with Gasteiger partial charge in [0.1, 0.15) is 5.75 Å². The van der Waals surface area contributed by atoms with E-state index in [9.17, 15) is 9.59 Å². The van der Waals surface area contributed by atoms with E-state index in [1.165, 1.54) is 0 Å². The van der Waals surface area contributed by atoms with Gasteiger partial charge in [0.2, 0.25) is 0 Å². The molecular weight excluding hydrogens is 248 g/mol. The summed E-state index contributed by atoms with van der Waals surface area (Å²) in [5.41, 5.74) is 1.92. The number of amides is 2. The number of nitrogens with zero attached hydrogens (tertiary/aromatic N) is 1. The minimum absolute atomic E-state index is 0.0744. The quantitative estimate of drug-likeness (QED) is 0.857. The Hall–Kier alpha value is -2.24. The molecule has 0 fully saturated rings. The molecule has 0 aromatic heterocycles. The largest absolute Gasteiger partial charge is 0.497 e. The molecule has 2 amide bonds. The van der Waals surface area contributed by atoms with Crippen LogP contribution in [0.2, 0.25) is 0 Å². The van der Waals surface area contributed by atoms with Crippen LogP contribution in [-0.2, 0) is 11.2 Å². The van der Waals surface area contributed by atoms with E-state index in [2.05, 4.69) is 5.32 Å². The number of hydrogen-bond donors (Lipinski definition) is 2. The Morgan fingerprint density at radius 1 is 1.47 bits per heavy atom. The number of hydrogen-bond acceptors (Lipinski definition) is 3. The van der Waals surface area contributed by atoms with Crippen molar-refractivity contribution < 1.29 is 19.4 Å². The zero-order valence-corrected chi connectivity index (χ0v) is 10.7. The van der Waals surface area contributed by atoms with Crippen molar-refractivity contribution in [1.29, 1.82) is 0 Å². The third kappa shape index (κ3) is 2.96. The van der Waals surface area contributed by atoms with Gasteiger partial charge in [-0.05, 0) is 30.2 Å². The highest BCUT2D eigenvalue weighted by molar-refractivity contribution is 5.94. The third-order valence-electron chi connectivity index (χ3n) is 3.04. The van der Waals surface area contributed by atoms with E-state index in [0.717, 1.165) is 23.4 Å². The number of ether oxygens (including phenoxy) is 1. The number of carbonyl (C=O) groups is 2. The maximum atomic E-state index is 11.9. The Morgan fingerprint density at radius 2 is 2.26 bits per heavy atom. The molecule has 0 aliphatic carbocycles. The van der Waals surface area contributed by atoms with Crippen molar-refractivity contribution in [2.75, 3.05) is 25.1 Å². The second-order valence-electron chi connectivity index (χ2n) is 4.27. The Balaban J connectivity index is 2.01. The molecule has 19 heavy (non-hydrogen) atoms. The van der Waals surface area contributed by atoms with Gasteiger partial charge in [0, 0.05) is 18.8 Å². The van der Waals surface area contributed by atoms with Gasteiger partial charge >= 0.3 is 12.0 Å². The van der Waals surface area contributed by atoms with E-state index in [1.54, 1.807) is 12.0 Å². The fraction of sp³-hybridized carbons (Fsp3) is 0.385. The summed E-state index contributed by atoms with van der Waals surface area (Å²) in [7, 11) is 1.60. The first-order valence-corrected chi connectivity index (χ1v) is 6.06. The normalized spacial score (nSPS) is 13.0. The highest BCUT2D eigenvalue weighted by Crippen LogP contribution is 2.31. The zero-order valence-electron chi connectivity index (χ0n) is 10.7. The van der Waals surface area contributed by atoms with Gasteiger partial charge in [0.25, 0.3) is 0 Å². The predicted molar refractivity (Wildman–Crippen MR) is 69.7 cm³/mol. The highest BCUT2D eigenvalue weighted by Gasteiger charge is 2.24. The smallest absolute Gasteiger partial charge is 0.321 e. The van der Waals surface area contributed by atoms with Gasteiger partial charge in [-0.2, -0.15) is 0 Å². The van der Waals surface area contributed by atoms with Crippen LogP contribution >= 0.6 is 0 Å². The van der Waals surface area contributed by atoms with E-state index in [1.807, 2.05) is 18.2 Å². The number of carbonyl (C=O) groups excluding carboxylic acids is 1. The molecule has 2 rings (SSSR count). The molecule has 0 atom stereocenters. The van der Waals surface area contributed by atoms with E-state index < -0.39 is 5.97 Å². The fourth-order valence-electron chi connectivity index (χ4n) is 2.09. The number of benzene rings is 1. The topological polar surface area (TPSA) is 78.9 Å². The van der Waals surface area contributed by atoms with Crippen molar-refractivity contribution in [3.8, 4) is 5.75 Å². The van der Waals surface area contributed by atoms with Crippen LogP contribution in [0, 0.1) is 0 Å². The number of urea groups is 1. The minimum atomic E-state index is -0.924. The second kappa shape index (κ2) is 5.60. The second-order valence-corrected chi connectivity index (χ2v) is 4.27. The summed E-state index contributed by atoms with van der Waals surface area (Å²) in [4.78, 5) is 23.9. The summed E-state index contributed by atoms with van der Waals surface area (Å²) in [6, 6.07) is 5.31. The van der Waals surface area contributed by atoms with E-state index >= 15 is 0 Å². The maximum absolute atomic E-state index is 11.9. The Bertz CT molecular complexity index is 501. The molecule has 6 heteroatoms. The monoisotopic (exact) mass is 264 g/mol. The lowest BCUT2D eigenvalue weighted by atomic mass is 10.1. The SMILES string of the molecule is COc1ccc2c(c1)CCN2C(=O)NCCC(=O)O. The van der Waals surface area contributed by atoms with Gasteiger partial charge in [0.15, 0.2) is 0 Å². The summed E-state index contributed by atoms with van der Waals surface area (Å²) in [6.45, 7) is 0.734. The molecule has 102 valence electrons. The molecule has 1 aliphatic rings. The van der Waals surface area contributed by atoms with Gasteiger partial charge in [-0.15, -0.1) is 0 Å². The van der Waals surface area contributed by atoms with Crippen LogP contribution in [0.1, 0.15) is 12.0 Å². The molecule has 0 bridgehead atoms. The molecule has 1 aromatic carbocycles. The average molecular weight is 264 g/mol. The standard InChI is InChI=1S/C13H16N2O4/c1-19-10-2-3-11-9(8-10)5-7-15(11)13(18)14-6-4-12(16)17/h2-3,8H,4-7H2,1H3,(H,14,18)(H,16,17). The van der Waals surface area contributed by atoms with Crippen LogP contribution in [0.3, 0.4) is 0 Å². The van der Waals surface area contributed by atoms with Crippen molar-refractivity contribution in [3.63, 3.8) is 0 Å². The average Bonchev–Trinajstić information content (AvgIpc) is 2.80. The van der Waals surface area contributed by atoms with Crippen molar-refractivity contribution >= 4 is 17.7 Å². The molecule has 0 saturated carbocycles. The molecule has 0 unspecified atom stereocenters. The Morgan fingerprint density at radius 3 is 2.95 bits per heavy atom. The number of carboxylic acid groups (broad SMARTS) is 1. The number of nitrogens with one attached hydrogen (secondary N) is 1.